The molecule has 1 atom stereocenters. The maximum Gasteiger partial charge on any atom is 0.279 e. The SMILES string of the molecule is OCCOC(Cl)Oc1ccccc1. The predicted octanol–water partition coefficient (Wildman–Crippen LogP) is 1.60. The summed E-state index contributed by atoms with van der Waals surface area (Å²) in [5.41, 5.74) is 0. The second-order valence-corrected chi connectivity index (χ2v) is 2.66. The van der Waals surface area contributed by atoms with E-state index in [9.17, 15) is 0 Å². The van der Waals surface area contributed by atoms with Gasteiger partial charge in [-0.3, -0.25) is 0 Å². The quantitative estimate of drug-likeness (QED) is 0.582. The Labute approximate surface area is 81.9 Å². The molecule has 0 saturated heterocycles. The van der Waals surface area contributed by atoms with Gasteiger partial charge in [-0.2, -0.15) is 0 Å². The fraction of sp³-hybridized carbons (Fsp3) is 0.333. The maximum absolute atomic E-state index is 8.44. The molecule has 1 unspecified atom stereocenters. The van der Waals surface area contributed by atoms with Gasteiger partial charge in [0, 0.05) is 0 Å². The van der Waals surface area contributed by atoms with Gasteiger partial charge in [-0.1, -0.05) is 18.2 Å². The third-order valence-corrected chi connectivity index (χ3v) is 1.53. The van der Waals surface area contributed by atoms with Crippen molar-refractivity contribution in [3.63, 3.8) is 0 Å². The van der Waals surface area contributed by atoms with E-state index < -0.39 is 5.75 Å². The number of hydrogen-bond donors (Lipinski definition) is 1. The van der Waals surface area contributed by atoms with E-state index in [0.717, 1.165) is 0 Å². The first kappa shape index (κ1) is 10.3. The summed E-state index contributed by atoms with van der Waals surface area (Å²) in [5, 5.41) is 8.44. The first-order valence-electron chi connectivity index (χ1n) is 3.91. The van der Waals surface area contributed by atoms with Crippen LogP contribution in [-0.4, -0.2) is 24.1 Å². The zero-order chi connectivity index (χ0) is 9.52. The molecule has 1 aromatic carbocycles. The van der Waals surface area contributed by atoms with Crippen LogP contribution in [0.2, 0.25) is 0 Å². The molecule has 72 valence electrons. The van der Waals surface area contributed by atoms with E-state index in [2.05, 4.69) is 0 Å². The Morgan fingerprint density at radius 3 is 2.62 bits per heavy atom. The molecule has 1 N–H and O–H groups in total. The molecule has 0 amide bonds. The van der Waals surface area contributed by atoms with Crippen LogP contribution in [0.3, 0.4) is 0 Å². The third-order valence-electron chi connectivity index (χ3n) is 1.31. The highest BCUT2D eigenvalue weighted by Crippen LogP contribution is 2.12. The van der Waals surface area contributed by atoms with Crippen molar-refractivity contribution in [1.82, 2.24) is 0 Å². The summed E-state index contributed by atoms with van der Waals surface area (Å²) in [6.45, 7) is 0.0996. The number of halogens is 1. The topological polar surface area (TPSA) is 38.7 Å². The Balaban J connectivity index is 2.32. The van der Waals surface area contributed by atoms with E-state index >= 15 is 0 Å². The van der Waals surface area contributed by atoms with Gasteiger partial charge in [0.2, 0.25) is 0 Å². The van der Waals surface area contributed by atoms with E-state index in [1.807, 2.05) is 18.2 Å². The fourth-order valence-electron chi connectivity index (χ4n) is 0.785. The molecular weight excluding hydrogens is 192 g/mol. The maximum atomic E-state index is 8.44. The van der Waals surface area contributed by atoms with Crippen molar-refractivity contribution in [2.24, 2.45) is 0 Å². The van der Waals surface area contributed by atoms with Gasteiger partial charge in [0.05, 0.1) is 13.2 Å². The Hall–Kier alpha value is -0.770. The summed E-state index contributed by atoms with van der Waals surface area (Å²) in [5.74, 6) is -0.213. The first-order valence-corrected chi connectivity index (χ1v) is 4.35. The van der Waals surface area contributed by atoms with Crippen LogP contribution in [0, 0.1) is 0 Å². The van der Waals surface area contributed by atoms with Crippen molar-refractivity contribution in [2.75, 3.05) is 13.2 Å². The number of aliphatic hydroxyl groups excluding tert-OH is 1. The van der Waals surface area contributed by atoms with Crippen LogP contribution in [0.25, 0.3) is 0 Å². The summed E-state index contributed by atoms with van der Waals surface area (Å²) in [4.78, 5) is 0. The van der Waals surface area contributed by atoms with Gasteiger partial charge in [0.25, 0.3) is 5.75 Å². The molecule has 1 aromatic rings. The average molecular weight is 203 g/mol. The fourth-order valence-corrected chi connectivity index (χ4v) is 0.977. The Morgan fingerprint density at radius 1 is 1.31 bits per heavy atom. The number of rotatable bonds is 5. The second-order valence-electron chi connectivity index (χ2n) is 2.30. The van der Waals surface area contributed by atoms with Crippen LogP contribution >= 0.6 is 11.6 Å². The van der Waals surface area contributed by atoms with Crippen molar-refractivity contribution < 1.29 is 14.6 Å². The van der Waals surface area contributed by atoms with Crippen LogP contribution in [0.5, 0.6) is 5.75 Å². The number of hydrogen-bond acceptors (Lipinski definition) is 3. The Bertz CT molecular complexity index is 228. The van der Waals surface area contributed by atoms with Crippen molar-refractivity contribution in [2.45, 2.75) is 5.75 Å². The molecule has 0 aliphatic carbocycles. The van der Waals surface area contributed by atoms with Gasteiger partial charge < -0.3 is 14.6 Å². The first-order chi connectivity index (χ1) is 6.33. The predicted molar refractivity (Wildman–Crippen MR) is 49.7 cm³/mol. The molecule has 3 nitrogen and oxygen atoms in total. The monoisotopic (exact) mass is 202 g/mol. The highest BCUT2D eigenvalue weighted by molar-refractivity contribution is 6.18. The van der Waals surface area contributed by atoms with Gasteiger partial charge in [-0.05, 0) is 23.7 Å². The molecule has 0 bridgehead atoms. The smallest absolute Gasteiger partial charge is 0.279 e. The summed E-state index contributed by atoms with van der Waals surface area (Å²) >= 11 is 5.64. The molecule has 0 saturated carbocycles. The highest BCUT2D eigenvalue weighted by atomic mass is 35.5. The lowest BCUT2D eigenvalue weighted by Gasteiger charge is -2.11. The normalized spacial score (nSPS) is 12.5. The molecule has 0 fully saturated rings. The molecule has 0 aromatic heterocycles. The summed E-state index contributed by atoms with van der Waals surface area (Å²) in [7, 11) is 0. The van der Waals surface area contributed by atoms with Gasteiger partial charge in [0.1, 0.15) is 5.75 Å². The lowest BCUT2D eigenvalue weighted by Crippen LogP contribution is -2.15. The van der Waals surface area contributed by atoms with Crippen molar-refractivity contribution in [3.05, 3.63) is 30.3 Å². The number of alkyl halides is 1. The summed E-state index contributed by atoms with van der Waals surface area (Å²) in [6.07, 6.45) is 0. The van der Waals surface area contributed by atoms with Gasteiger partial charge in [-0.25, -0.2) is 0 Å². The Morgan fingerprint density at radius 2 is 2.00 bits per heavy atom. The highest BCUT2D eigenvalue weighted by Gasteiger charge is 2.04. The largest absolute Gasteiger partial charge is 0.451 e. The van der Waals surface area contributed by atoms with Gasteiger partial charge in [-0.15, -0.1) is 0 Å². The summed E-state index contributed by atoms with van der Waals surface area (Å²) in [6, 6.07) is 9.11. The lowest BCUT2D eigenvalue weighted by atomic mass is 10.3. The molecule has 0 radical (unpaired) electrons. The van der Waals surface area contributed by atoms with Gasteiger partial charge in [0.15, 0.2) is 0 Å². The molecule has 0 aliphatic rings. The van der Waals surface area contributed by atoms with Crippen LogP contribution < -0.4 is 4.74 Å². The van der Waals surface area contributed by atoms with Crippen molar-refractivity contribution in [1.29, 1.82) is 0 Å². The molecule has 13 heavy (non-hydrogen) atoms. The minimum Gasteiger partial charge on any atom is -0.451 e. The van der Waals surface area contributed by atoms with E-state index in [0.29, 0.717) is 5.75 Å². The zero-order valence-corrected chi connectivity index (χ0v) is 7.78. The van der Waals surface area contributed by atoms with Crippen LogP contribution in [0.1, 0.15) is 0 Å². The molecule has 1 rings (SSSR count). The van der Waals surface area contributed by atoms with Crippen LogP contribution in [0.15, 0.2) is 30.3 Å². The van der Waals surface area contributed by atoms with E-state index in [4.69, 9.17) is 26.2 Å². The van der Waals surface area contributed by atoms with Crippen molar-refractivity contribution in [3.8, 4) is 5.75 Å². The van der Waals surface area contributed by atoms with Gasteiger partial charge >= 0.3 is 0 Å². The van der Waals surface area contributed by atoms with E-state index in [1.165, 1.54) is 0 Å². The van der Waals surface area contributed by atoms with E-state index in [-0.39, 0.29) is 13.2 Å². The standard InChI is InChI=1S/C9H11ClO3/c10-9(12-7-6-11)13-8-4-2-1-3-5-8/h1-5,9,11H,6-7H2. The molecular formula is C9H11ClO3. The molecule has 0 aliphatic heterocycles. The average Bonchev–Trinajstić information content (AvgIpc) is 2.16. The van der Waals surface area contributed by atoms with Crippen molar-refractivity contribution >= 4 is 11.6 Å². The molecule has 0 spiro atoms. The minimum atomic E-state index is -0.852. The van der Waals surface area contributed by atoms with Crippen LogP contribution in [-0.2, 0) is 4.74 Å². The third kappa shape index (κ3) is 4.12. The number of ether oxygens (including phenoxy) is 2. The number of aliphatic hydroxyl groups is 1. The minimum absolute atomic E-state index is 0.0681. The lowest BCUT2D eigenvalue weighted by molar-refractivity contribution is -0.0336. The van der Waals surface area contributed by atoms with E-state index in [1.54, 1.807) is 12.1 Å². The summed E-state index contributed by atoms with van der Waals surface area (Å²) < 4.78 is 10.0. The molecule has 4 heteroatoms. The second kappa shape index (κ2) is 5.80. The number of para-hydroxylation sites is 1. The zero-order valence-electron chi connectivity index (χ0n) is 7.02. The molecule has 0 heterocycles. The van der Waals surface area contributed by atoms with Crippen LogP contribution in [0.4, 0.5) is 0 Å². The Kier molecular flexibility index (Phi) is 4.60. The number of benzene rings is 1.